The van der Waals surface area contributed by atoms with Gasteiger partial charge in [-0.05, 0) is 29.9 Å². The van der Waals surface area contributed by atoms with Crippen molar-refractivity contribution in [2.75, 3.05) is 51.4 Å². The lowest BCUT2D eigenvalue weighted by Gasteiger charge is -2.43. The van der Waals surface area contributed by atoms with E-state index in [0.717, 1.165) is 49.8 Å². The van der Waals surface area contributed by atoms with Crippen molar-refractivity contribution in [3.05, 3.63) is 35.6 Å². The Hall–Kier alpha value is -1.31. The van der Waals surface area contributed by atoms with Crippen molar-refractivity contribution >= 4 is 17.8 Å². The van der Waals surface area contributed by atoms with E-state index in [9.17, 15) is 9.18 Å². The van der Waals surface area contributed by atoms with Crippen LogP contribution in [-0.4, -0.2) is 72.8 Å². The number of hydrogen-bond acceptors (Lipinski definition) is 4. The first-order valence-corrected chi connectivity index (χ1v) is 9.88. The average Bonchev–Trinajstić information content (AvgIpc) is 3.12. The first kappa shape index (κ1) is 18.5. The van der Waals surface area contributed by atoms with Gasteiger partial charge in [-0.25, -0.2) is 9.18 Å². The van der Waals surface area contributed by atoms with E-state index in [-0.39, 0.29) is 17.4 Å². The van der Waals surface area contributed by atoms with Crippen molar-refractivity contribution in [1.29, 1.82) is 0 Å². The number of carbonyl (C=O) groups excluding carboxylic acids is 1. The third-order valence-electron chi connectivity index (χ3n) is 5.01. The van der Waals surface area contributed by atoms with Crippen molar-refractivity contribution < 1.29 is 13.9 Å². The van der Waals surface area contributed by atoms with Crippen LogP contribution in [0.15, 0.2) is 24.3 Å². The van der Waals surface area contributed by atoms with E-state index < -0.39 is 0 Å². The van der Waals surface area contributed by atoms with Crippen molar-refractivity contribution in [1.82, 2.24) is 15.1 Å². The molecule has 0 saturated carbocycles. The number of morpholine rings is 1. The molecule has 0 spiro atoms. The molecule has 1 aromatic rings. The minimum Gasteiger partial charge on any atom is -0.379 e. The molecule has 2 aliphatic heterocycles. The molecule has 25 heavy (non-hydrogen) atoms. The molecule has 5 nitrogen and oxygen atoms in total. The van der Waals surface area contributed by atoms with Gasteiger partial charge in [-0.3, -0.25) is 4.90 Å². The SMILES string of the molecule is CN(Cc1ccc(F)cc1)C(=O)NCC1(N2CCOCC2)CCSC1. The zero-order chi connectivity index (χ0) is 17.7. The zero-order valence-electron chi connectivity index (χ0n) is 14.7. The van der Waals surface area contributed by atoms with Crippen LogP contribution in [0.4, 0.5) is 9.18 Å². The molecule has 0 radical (unpaired) electrons. The average molecular weight is 367 g/mol. The van der Waals surface area contributed by atoms with Gasteiger partial charge in [-0.15, -0.1) is 0 Å². The summed E-state index contributed by atoms with van der Waals surface area (Å²) in [6.07, 6.45) is 1.10. The summed E-state index contributed by atoms with van der Waals surface area (Å²) in [7, 11) is 1.77. The summed E-state index contributed by atoms with van der Waals surface area (Å²) in [4.78, 5) is 16.6. The molecule has 2 heterocycles. The maximum atomic E-state index is 13.0. The van der Waals surface area contributed by atoms with Gasteiger partial charge in [-0.2, -0.15) is 11.8 Å². The summed E-state index contributed by atoms with van der Waals surface area (Å²) in [5, 5.41) is 3.11. The minimum absolute atomic E-state index is 0.0425. The van der Waals surface area contributed by atoms with Crippen molar-refractivity contribution in [3.63, 3.8) is 0 Å². The summed E-state index contributed by atoms with van der Waals surface area (Å²) in [6, 6.07) is 6.17. The second kappa shape index (κ2) is 8.38. The number of ether oxygens (including phenoxy) is 1. The minimum atomic E-state index is -0.262. The monoisotopic (exact) mass is 367 g/mol. The second-order valence-corrected chi connectivity index (χ2v) is 7.87. The molecule has 1 aromatic carbocycles. The zero-order valence-corrected chi connectivity index (χ0v) is 15.5. The summed E-state index contributed by atoms with van der Waals surface area (Å²) in [5.74, 6) is 1.93. The number of nitrogens with zero attached hydrogens (tertiary/aromatic N) is 2. The number of rotatable bonds is 5. The second-order valence-electron chi connectivity index (χ2n) is 6.77. The van der Waals surface area contributed by atoms with Crippen molar-refractivity contribution in [2.24, 2.45) is 0 Å². The topological polar surface area (TPSA) is 44.8 Å². The maximum Gasteiger partial charge on any atom is 0.317 e. The van der Waals surface area contributed by atoms with Gasteiger partial charge in [0, 0.05) is 44.5 Å². The predicted octanol–water partition coefficient (Wildman–Crippen LogP) is 2.17. The van der Waals surface area contributed by atoms with Crippen molar-refractivity contribution in [3.8, 4) is 0 Å². The number of nitrogens with one attached hydrogen (secondary N) is 1. The third kappa shape index (κ3) is 4.65. The van der Waals surface area contributed by atoms with E-state index in [1.807, 2.05) is 11.8 Å². The largest absolute Gasteiger partial charge is 0.379 e. The molecule has 7 heteroatoms. The Morgan fingerprint density at radius 1 is 1.36 bits per heavy atom. The van der Waals surface area contributed by atoms with E-state index in [0.29, 0.717) is 13.1 Å². The van der Waals surface area contributed by atoms with Gasteiger partial charge in [0.15, 0.2) is 0 Å². The molecule has 0 bridgehead atoms. The van der Waals surface area contributed by atoms with Gasteiger partial charge in [0.05, 0.1) is 13.2 Å². The summed E-state index contributed by atoms with van der Waals surface area (Å²) >= 11 is 1.96. The number of carbonyl (C=O) groups is 1. The molecule has 2 fully saturated rings. The molecule has 1 atom stereocenters. The summed E-state index contributed by atoms with van der Waals surface area (Å²) < 4.78 is 18.5. The molecule has 3 rings (SSSR count). The molecule has 2 aliphatic rings. The Morgan fingerprint density at radius 3 is 2.72 bits per heavy atom. The molecule has 0 aromatic heterocycles. The van der Waals surface area contributed by atoms with Crippen molar-refractivity contribution in [2.45, 2.75) is 18.5 Å². The Kier molecular flexibility index (Phi) is 6.19. The van der Waals surface area contributed by atoms with Crippen LogP contribution in [0.5, 0.6) is 0 Å². The predicted molar refractivity (Wildman–Crippen MR) is 98.3 cm³/mol. The fourth-order valence-electron chi connectivity index (χ4n) is 3.45. The van der Waals surface area contributed by atoms with Crippen LogP contribution in [-0.2, 0) is 11.3 Å². The van der Waals surface area contributed by atoms with Crippen LogP contribution in [0, 0.1) is 5.82 Å². The van der Waals surface area contributed by atoms with Crippen LogP contribution < -0.4 is 5.32 Å². The number of thioether (sulfide) groups is 1. The van der Waals surface area contributed by atoms with Crippen LogP contribution in [0.3, 0.4) is 0 Å². The fourth-order valence-corrected chi connectivity index (χ4v) is 4.92. The van der Waals surface area contributed by atoms with Gasteiger partial charge in [0.25, 0.3) is 0 Å². The van der Waals surface area contributed by atoms with E-state index in [1.54, 1.807) is 24.1 Å². The van der Waals surface area contributed by atoms with E-state index in [1.165, 1.54) is 12.1 Å². The van der Waals surface area contributed by atoms with Crippen LogP contribution in [0.25, 0.3) is 0 Å². The number of halogens is 1. The van der Waals surface area contributed by atoms with E-state index >= 15 is 0 Å². The molecule has 2 saturated heterocycles. The molecular formula is C18H26FN3O2S. The first-order chi connectivity index (χ1) is 12.1. The quantitative estimate of drug-likeness (QED) is 0.866. The van der Waals surface area contributed by atoms with Gasteiger partial charge in [-0.1, -0.05) is 12.1 Å². The Morgan fingerprint density at radius 2 is 2.08 bits per heavy atom. The lowest BCUT2D eigenvalue weighted by molar-refractivity contribution is -0.0127. The smallest absolute Gasteiger partial charge is 0.317 e. The molecule has 2 amide bonds. The Labute approximate surface area is 152 Å². The van der Waals surface area contributed by atoms with Crippen LogP contribution in [0.2, 0.25) is 0 Å². The van der Waals surface area contributed by atoms with Crippen LogP contribution in [0.1, 0.15) is 12.0 Å². The molecular weight excluding hydrogens is 341 g/mol. The highest BCUT2D eigenvalue weighted by atomic mass is 32.2. The van der Waals surface area contributed by atoms with E-state index in [4.69, 9.17) is 4.74 Å². The number of benzene rings is 1. The number of amides is 2. The Balaban J connectivity index is 1.54. The highest BCUT2D eigenvalue weighted by Gasteiger charge is 2.41. The van der Waals surface area contributed by atoms with Gasteiger partial charge >= 0.3 is 6.03 Å². The summed E-state index contributed by atoms with van der Waals surface area (Å²) in [5.41, 5.74) is 0.958. The molecule has 138 valence electrons. The normalized spacial score (nSPS) is 24.2. The van der Waals surface area contributed by atoms with Gasteiger partial charge in [0.1, 0.15) is 5.82 Å². The summed E-state index contributed by atoms with van der Waals surface area (Å²) in [6.45, 7) is 4.53. The lowest BCUT2D eigenvalue weighted by Crippen LogP contribution is -2.59. The first-order valence-electron chi connectivity index (χ1n) is 8.73. The van der Waals surface area contributed by atoms with E-state index in [2.05, 4.69) is 10.2 Å². The highest BCUT2D eigenvalue weighted by molar-refractivity contribution is 7.99. The fraction of sp³-hybridized carbons (Fsp3) is 0.611. The molecule has 0 aliphatic carbocycles. The molecule has 1 unspecified atom stereocenters. The standard InChI is InChI=1S/C18H26FN3O2S/c1-21(12-15-2-4-16(19)5-3-15)17(23)20-13-18(6-11-25-14-18)22-7-9-24-10-8-22/h2-5H,6-14H2,1H3,(H,20,23). The van der Waals surface area contributed by atoms with Gasteiger partial charge < -0.3 is 15.0 Å². The van der Waals surface area contributed by atoms with Crippen LogP contribution >= 0.6 is 11.8 Å². The third-order valence-corrected chi connectivity index (χ3v) is 6.25. The lowest BCUT2D eigenvalue weighted by atomic mass is 9.95. The highest BCUT2D eigenvalue weighted by Crippen LogP contribution is 2.33. The maximum absolute atomic E-state index is 13.0. The molecule has 1 N–H and O–H groups in total. The van der Waals surface area contributed by atoms with Gasteiger partial charge in [0.2, 0.25) is 0 Å². The Bertz CT molecular complexity index is 572. The number of urea groups is 1. The number of hydrogen-bond donors (Lipinski definition) is 1.